The first-order valence-electron chi connectivity index (χ1n) is 25.0. The first-order valence-corrected chi connectivity index (χ1v) is 25.0. The van der Waals surface area contributed by atoms with Crippen LogP contribution in [0.15, 0.2) is 255 Å². The molecule has 0 N–H and O–H groups in total. The SMILES string of the molecule is Cc1ccc[c-]c1-c1ccc(-c2cccc(-c3cccc(-c4ccccc4-c4ccnc(-c5[c-]ccc(-c6ccccc6-c6cccc(-c7cccc(-c8c[c-]c(-c9ccccn9)cc8)c7)c6)c5C)c4)c3)c2)cn1.[Ir+3]. The van der Waals surface area contributed by atoms with Crippen molar-refractivity contribution in [3.8, 4) is 123 Å². The van der Waals surface area contributed by atoms with Crippen molar-refractivity contribution in [1.82, 2.24) is 15.0 Å². The van der Waals surface area contributed by atoms with E-state index in [1.165, 1.54) is 5.56 Å². The second-order valence-corrected chi connectivity index (χ2v) is 18.6. The minimum atomic E-state index is 0. The molecule has 0 aliphatic rings. The molecule has 0 bridgehead atoms. The van der Waals surface area contributed by atoms with Crippen LogP contribution in [0.1, 0.15) is 11.1 Å². The van der Waals surface area contributed by atoms with Gasteiger partial charge in [-0.05, 0) is 120 Å². The van der Waals surface area contributed by atoms with Crippen LogP contribution >= 0.6 is 0 Å². The maximum atomic E-state index is 4.97. The van der Waals surface area contributed by atoms with Gasteiger partial charge in [-0.3, -0.25) is 0 Å². The fraction of sp³-hybridized carbons (Fsp3) is 0.0282. The summed E-state index contributed by atoms with van der Waals surface area (Å²) in [5, 5.41) is 0. The predicted octanol–water partition coefficient (Wildman–Crippen LogP) is 18.2. The minimum Gasteiger partial charge on any atom is -0.305 e. The van der Waals surface area contributed by atoms with Crippen molar-refractivity contribution in [1.29, 1.82) is 0 Å². The van der Waals surface area contributed by atoms with Crippen LogP contribution < -0.4 is 0 Å². The Morgan fingerprint density at radius 2 is 0.840 bits per heavy atom. The van der Waals surface area contributed by atoms with E-state index in [0.29, 0.717) is 0 Å². The molecule has 4 heteroatoms. The molecule has 0 aliphatic carbocycles. The van der Waals surface area contributed by atoms with Crippen molar-refractivity contribution in [3.05, 3.63) is 285 Å². The second-order valence-electron chi connectivity index (χ2n) is 18.6. The first kappa shape index (κ1) is 48.4. The molecule has 12 rings (SSSR count). The molecule has 0 amide bonds. The van der Waals surface area contributed by atoms with Crippen molar-refractivity contribution in [3.63, 3.8) is 0 Å². The Bertz CT molecular complexity index is 3970. The summed E-state index contributed by atoms with van der Waals surface area (Å²) in [4.78, 5) is 14.3. The molecule has 3 heterocycles. The molecule has 0 atom stereocenters. The monoisotopic (exact) mass is 1140 g/mol. The molecule has 75 heavy (non-hydrogen) atoms. The number of nitrogens with zero attached hydrogens (tertiary/aromatic N) is 3. The Morgan fingerprint density at radius 3 is 1.43 bits per heavy atom. The first-order chi connectivity index (χ1) is 36.5. The quantitative estimate of drug-likeness (QED) is 0.121. The number of aryl methyl sites for hydroxylation is 1. The van der Waals surface area contributed by atoms with Crippen LogP contribution in [0.5, 0.6) is 0 Å². The molecular formula is C71H48IrN3. The Labute approximate surface area is 453 Å². The normalized spacial score (nSPS) is 11.0. The maximum Gasteiger partial charge on any atom is 3.00 e. The number of aromatic nitrogens is 3. The zero-order valence-electron chi connectivity index (χ0n) is 41.4. The Morgan fingerprint density at radius 1 is 0.307 bits per heavy atom. The molecule has 0 radical (unpaired) electrons. The van der Waals surface area contributed by atoms with Crippen LogP contribution in [-0.4, -0.2) is 15.0 Å². The molecule has 3 nitrogen and oxygen atoms in total. The van der Waals surface area contributed by atoms with Gasteiger partial charge in [-0.25, -0.2) is 0 Å². The number of hydrogen-bond donors (Lipinski definition) is 0. The maximum absolute atomic E-state index is 4.97. The summed E-state index contributed by atoms with van der Waals surface area (Å²) in [5.74, 6) is 0. The third-order valence-electron chi connectivity index (χ3n) is 14.0. The third-order valence-corrected chi connectivity index (χ3v) is 14.0. The largest absolute Gasteiger partial charge is 3.00 e. The summed E-state index contributed by atoms with van der Waals surface area (Å²) in [5.41, 5.74) is 26.2. The van der Waals surface area contributed by atoms with Crippen LogP contribution in [0, 0.1) is 32.0 Å². The molecule has 0 fully saturated rings. The summed E-state index contributed by atoms with van der Waals surface area (Å²) in [6, 6.07) is 94.0. The van der Waals surface area contributed by atoms with E-state index in [2.05, 4.69) is 237 Å². The molecule has 12 aromatic rings. The van der Waals surface area contributed by atoms with Crippen molar-refractivity contribution in [2.75, 3.05) is 0 Å². The topological polar surface area (TPSA) is 38.7 Å². The van der Waals surface area contributed by atoms with Crippen molar-refractivity contribution in [2.24, 2.45) is 0 Å². The van der Waals surface area contributed by atoms with Crippen molar-refractivity contribution >= 4 is 0 Å². The molecule has 9 aromatic carbocycles. The smallest absolute Gasteiger partial charge is 0.305 e. The van der Waals surface area contributed by atoms with Gasteiger partial charge in [-0.1, -0.05) is 188 Å². The van der Waals surface area contributed by atoms with E-state index in [0.717, 1.165) is 128 Å². The Balaban J connectivity index is 0.00000602. The fourth-order valence-corrected chi connectivity index (χ4v) is 10.1. The molecular weight excluding hydrogens is 1090 g/mol. The number of rotatable bonds is 11. The summed E-state index contributed by atoms with van der Waals surface area (Å²) >= 11 is 0. The average molecular weight is 1140 g/mol. The van der Waals surface area contributed by atoms with Gasteiger partial charge in [0.25, 0.3) is 0 Å². The zero-order chi connectivity index (χ0) is 49.8. The van der Waals surface area contributed by atoms with Crippen LogP contribution in [0.3, 0.4) is 0 Å². The van der Waals surface area contributed by atoms with Gasteiger partial charge in [0.15, 0.2) is 0 Å². The van der Waals surface area contributed by atoms with Gasteiger partial charge in [-0.2, -0.15) is 0 Å². The molecule has 0 aliphatic heterocycles. The molecule has 0 unspecified atom stereocenters. The summed E-state index contributed by atoms with van der Waals surface area (Å²) in [6.07, 6.45) is 5.70. The van der Waals surface area contributed by atoms with Crippen LogP contribution in [-0.2, 0) is 20.1 Å². The average Bonchev–Trinajstić information content (AvgIpc) is 3.48. The van der Waals surface area contributed by atoms with Crippen LogP contribution in [0.25, 0.3) is 123 Å². The third kappa shape index (κ3) is 10.1. The standard InChI is InChI=1S/C71H48N3.Ir/c1-48-16-3-4-25-62(48)70-38-37-61(47-74-70)57-22-12-19-54(43-57)55-20-13-23-58(44-55)65-26-5-6-27-66(65)60-39-41-73-71(46-60)64-31-15-30-63(49(64)2)68-29-8-7-28-67(68)59-24-14-21-56(45-59)53-18-11-17-52(42-53)50-33-35-51(36-34-50)69-32-9-10-40-72-69;/h3-24,26-30,32-35,37-47H,1-2H3;/q-3;+3. The minimum absolute atomic E-state index is 0. The molecule has 0 spiro atoms. The van der Waals surface area contributed by atoms with Crippen molar-refractivity contribution in [2.45, 2.75) is 13.8 Å². The number of pyridine rings is 3. The van der Waals surface area contributed by atoms with E-state index in [1.54, 1.807) is 0 Å². The van der Waals surface area contributed by atoms with Gasteiger partial charge in [0.05, 0.1) is 0 Å². The van der Waals surface area contributed by atoms with E-state index >= 15 is 0 Å². The molecule has 0 saturated carbocycles. The molecule has 3 aromatic heterocycles. The number of benzene rings is 9. The second kappa shape index (κ2) is 21.7. The summed E-state index contributed by atoms with van der Waals surface area (Å²) < 4.78 is 0. The van der Waals surface area contributed by atoms with Crippen LogP contribution in [0.2, 0.25) is 0 Å². The Kier molecular flexibility index (Phi) is 14.0. The fourth-order valence-electron chi connectivity index (χ4n) is 10.1. The number of hydrogen-bond acceptors (Lipinski definition) is 3. The van der Waals surface area contributed by atoms with E-state index in [4.69, 9.17) is 9.97 Å². The van der Waals surface area contributed by atoms with Gasteiger partial charge in [0.2, 0.25) is 0 Å². The summed E-state index contributed by atoms with van der Waals surface area (Å²) in [6.45, 7) is 4.29. The van der Waals surface area contributed by atoms with E-state index in [1.807, 2.05) is 55.0 Å². The predicted molar refractivity (Wildman–Crippen MR) is 306 cm³/mol. The van der Waals surface area contributed by atoms with Gasteiger partial charge in [0.1, 0.15) is 0 Å². The van der Waals surface area contributed by atoms with Gasteiger partial charge < -0.3 is 15.0 Å². The molecule has 0 saturated heterocycles. The Hall–Kier alpha value is -8.92. The van der Waals surface area contributed by atoms with E-state index in [9.17, 15) is 0 Å². The van der Waals surface area contributed by atoms with Crippen molar-refractivity contribution < 1.29 is 20.1 Å². The van der Waals surface area contributed by atoms with Gasteiger partial charge in [0, 0.05) is 18.6 Å². The van der Waals surface area contributed by atoms with E-state index < -0.39 is 0 Å². The zero-order valence-corrected chi connectivity index (χ0v) is 43.8. The van der Waals surface area contributed by atoms with E-state index in [-0.39, 0.29) is 20.1 Å². The van der Waals surface area contributed by atoms with Gasteiger partial charge >= 0.3 is 20.1 Å². The molecule has 356 valence electrons. The van der Waals surface area contributed by atoms with Crippen LogP contribution in [0.4, 0.5) is 0 Å². The van der Waals surface area contributed by atoms with Gasteiger partial charge in [-0.15, -0.1) is 94.5 Å². The summed E-state index contributed by atoms with van der Waals surface area (Å²) in [7, 11) is 0.